The van der Waals surface area contributed by atoms with Crippen molar-refractivity contribution in [2.75, 3.05) is 18.0 Å². The first-order valence-corrected chi connectivity index (χ1v) is 7.93. The van der Waals surface area contributed by atoms with Crippen LogP contribution in [0.25, 0.3) is 16.6 Å². The smallest absolute Gasteiger partial charge is 0.220 e. The van der Waals surface area contributed by atoms with Crippen molar-refractivity contribution in [1.82, 2.24) is 14.6 Å². The maximum atomic E-state index is 11.4. The topological polar surface area (TPSA) is 76.5 Å². The quantitative estimate of drug-likeness (QED) is 0.784. The van der Waals surface area contributed by atoms with Gasteiger partial charge in [0.15, 0.2) is 5.65 Å². The zero-order chi connectivity index (χ0) is 16.0. The Hall–Kier alpha value is -2.63. The maximum absolute atomic E-state index is 11.4. The Bertz CT molecular complexity index is 893. The summed E-state index contributed by atoms with van der Waals surface area (Å²) >= 11 is 0. The van der Waals surface area contributed by atoms with Gasteiger partial charge in [-0.15, -0.1) is 0 Å². The molecular weight excluding hydrogens is 290 g/mol. The number of hydrogen-bond donors (Lipinski definition) is 1. The molecule has 0 radical (unpaired) electrons. The predicted octanol–water partition coefficient (Wildman–Crippen LogP) is 1.89. The van der Waals surface area contributed by atoms with Gasteiger partial charge in [0.2, 0.25) is 5.91 Å². The monoisotopic (exact) mass is 309 g/mol. The number of aryl methyl sites for hydroxylation is 1. The van der Waals surface area contributed by atoms with E-state index < -0.39 is 0 Å². The van der Waals surface area contributed by atoms with Crippen molar-refractivity contribution in [2.45, 2.75) is 19.8 Å². The highest BCUT2D eigenvalue weighted by molar-refractivity contribution is 5.92. The highest BCUT2D eigenvalue weighted by Crippen LogP contribution is 2.29. The summed E-state index contributed by atoms with van der Waals surface area (Å²) in [6.07, 6.45) is 1.57. The van der Waals surface area contributed by atoms with Crippen molar-refractivity contribution >= 4 is 28.3 Å². The molecule has 2 N–H and O–H groups in total. The Morgan fingerprint density at radius 3 is 2.74 bits per heavy atom. The lowest BCUT2D eigenvalue weighted by Crippen LogP contribution is -2.39. The van der Waals surface area contributed by atoms with Crippen molar-refractivity contribution in [1.29, 1.82) is 0 Å². The van der Waals surface area contributed by atoms with Crippen molar-refractivity contribution in [2.24, 2.45) is 11.7 Å². The predicted molar refractivity (Wildman–Crippen MR) is 89.4 cm³/mol. The molecule has 6 nitrogen and oxygen atoms in total. The number of carbonyl (C=O) groups is 1. The third-order valence-corrected chi connectivity index (χ3v) is 4.60. The Morgan fingerprint density at radius 1 is 1.26 bits per heavy atom. The first kappa shape index (κ1) is 14.0. The van der Waals surface area contributed by atoms with Crippen molar-refractivity contribution in [3.63, 3.8) is 0 Å². The minimum atomic E-state index is -0.190. The van der Waals surface area contributed by atoms with Crippen LogP contribution in [0.3, 0.4) is 0 Å². The Morgan fingerprint density at radius 2 is 2.00 bits per heavy atom. The number of nitrogens with zero attached hydrogens (tertiary/aromatic N) is 4. The lowest BCUT2D eigenvalue weighted by atomic mass is 9.96. The maximum Gasteiger partial charge on any atom is 0.220 e. The molecular formula is C17H19N5O. The third-order valence-electron chi connectivity index (χ3n) is 4.60. The summed E-state index contributed by atoms with van der Waals surface area (Å²) in [7, 11) is 0. The van der Waals surface area contributed by atoms with Gasteiger partial charge in [0.25, 0.3) is 0 Å². The fourth-order valence-corrected chi connectivity index (χ4v) is 3.38. The number of benzene rings is 1. The molecule has 1 saturated heterocycles. The van der Waals surface area contributed by atoms with Crippen LogP contribution in [0, 0.1) is 12.8 Å². The molecule has 0 unspecified atom stereocenters. The molecule has 0 bridgehead atoms. The number of rotatable bonds is 2. The average molecular weight is 309 g/mol. The van der Waals surface area contributed by atoms with Gasteiger partial charge < -0.3 is 10.6 Å². The molecule has 0 saturated carbocycles. The highest BCUT2D eigenvalue weighted by Gasteiger charge is 2.25. The lowest BCUT2D eigenvalue weighted by molar-refractivity contribution is -0.122. The Kier molecular flexibility index (Phi) is 3.18. The molecule has 0 spiro atoms. The molecule has 4 rings (SSSR count). The average Bonchev–Trinajstić information content (AvgIpc) is 2.95. The van der Waals surface area contributed by atoms with E-state index >= 15 is 0 Å². The van der Waals surface area contributed by atoms with Crippen LogP contribution >= 0.6 is 0 Å². The number of primary amides is 1. The second kappa shape index (κ2) is 5.22. The lowest BCUT2D eigenvalue weighted by Gasteiger charge is -2.32. The summed E-state index contributed by atoms with van der Waals surface area (Å²) in [6.45, 7) is 3.57. The fraction of sp³-hybridized carbons (Fsp3) is 0.353. The van der Waals surface area contributed by atoms with Crippen molar-refractivity contribution < 1.29 is 4.79 Å². The van der Waals surface area contributed by atoms with E-state index in [2.05, 4.69) is 22.1 Å². The van der Waals surface area contributed by atoms with Gasteiger partial charge in [-0.25, -0.2) is 9.50 Å². The molecule has 1 aliphatic heterocycles. The SMILES string of the molecule is Cc1cc2nc(N3CCC(C(N)=O)CC3)c3ccccc3n2n1. The van der Waals surface area contributed by atoms with Gasteiger partial charge >= 0.3 is 0 Å². The van der Waals surface area contributed by atoms with Crippen LogP contribution in [0.1, 0.15) is 18.5 Å². The number of aromatic nitrogens is 3. The van der Waals surface area contributed by atoms with Crippen LogP contribution in [-0.4, -0.2) is 33.6 Å². The van der Waals surface area contributed by atoms with Crippen molar-refractivity contribution in [3.8, 4) is 0 Å². The number of fused-ring (bicyclic) bond motifs is 3. The van der Waals surface area contributed by atoms with Gasteiger partial charge in [0.05, 0.1) is 11.2 Å². The van der Waals surface area contributed by atoms with E-state index in [1.54, 1.807) is 0 Å². The molecule has 3 heterocycles. The zero-order valence-electron chi connectivity index (χ0n) is 13.1. The molecule has 0 atom stereocenters. The number of amides is 1. The summed E-state index contributed by atoms with van der Waals surface area (Å²) in [5, 5.41) is 5.62. The highest BCUT2D eigenvalue weighted by atomic mass is 16.1. The van der Waals surface area contributed by atoms with Crippen LogP contribution in [0.4, 0.5) is 5.82 Å². The molecule has 0 aliphatic carbocycles. The number of hydrogen-bond acceptors (Lipinski definition) is 4. The molecule has 1 aromatic carbocycles. The molecule has 1 fully saturated rings. The van der Waals surface area contributed by atoms with Gasteiger partial charge in [-0.3, -0.25) is 4.79 Å². The van der Waals surface area contributed by atoms with E-state index in [4.69, 9.17) is 10.7 Å². The van der Waals surface area contributed by atoms with E-state index in [-0.39, 0.29) is 11.8 Å². The third kappa shape index (κ3) is 2.30. The zero-order valence-corrected chi connectivity index (χ0v) is 13.1. The van der Waals surface area contributed by atoms with Gasteiger partial charge in [-0.05, 0) is 31.9 Å². The normalized spacial score (nSPS) is 16.3. The second-order valence-electron chi connectivity index (χ2n) is 6.17. The molecule has 23 heavy (non-hydrogen) atoms. The molecule has 118 valence electrons. The summed E-state index contributed by atoms with van der Waals surface area (Å²) in [5.41, 5.74) is 8.29. The first-order valence-electron chi connectivity index (χ1n) is 7.93. The second-order valence-corrected chi connectivity index (χ2v) is 6.17. The first-order chi connectivity index (χ1) is 11.1. The number of nitrogens with two attached hydrogens (primary N) is 1. The van der Waals surface area contributed by atoms with E-state index in [0.717, 1.165) is 54.0 Å². The van der Waals surface area contributed by atoms with Gasteiger partial charge in [0.1, 0.15) is 5.82 Å². The van der Waals surface area contributed by atoms with Crippen LogP contribution in [0.2, 0.25) is 0 Å². The van der Waals surface area contributed by atoms with E-state index in [9.17, 15) is 4.79 Å². The summed E-state index contributed by atoms with van der Waals surface area (Å²) in [5.74, 6) is 0.763. The summed E-state index contributed by atoms with van der Waals surface area (Å²) in [6, 6.07) is 10.2. The van der Waals surface area contributed by atoms with Crippen LogP contribution < -0.4 is 10.6 Å². The summed E-state index contributed by atoms with van der Waals surface area (Å²) in [4.78, 5) is 18.4. The van der Waals surface area contributed by atoms with E-state index in [1.165, 1.54) is 0 Å². The number of anilines is 1. The standard InChI is InChI=1S/C17H19N5O/c1-11-10-15-19-17(21-8-6-12(7-9-21)16(18)23)13-4-2-3-5-14(13)22(15)20-11/h2-5,10,12H,6-9H2,1H3,(H2,18,23). The van der Waals surface area contributed by atoms with E-state index in [1.807, 2.05) is 29.6 Å². The number of carbonyl (C=O) groups excluding carboxylic acids is 1. The Balaban J connectivity index is 1.81. The van der Waals surface area contributed by atoms with Gasteiger partial charge in [0, 0.05) is 30.5 Å². The molecule has 3 aromatic rings. The number of para-hydroxylation sites is 1. The van der Waals surface area contributed by atoms with E-state index in [0.29, 0.717) is 0 Å². The van der Waals surface area contributed by atoms with Gasteiger partial charge in [-0.1, -0.05) is 12.1 Å². The molecule has 6 heteroatoms. The largest absolute Gasteiger partial charge is 0.369 e. The van der Waals surface area contributed by atoms with Crippen LogP contribution in [-0.2, 0) is 4.79 Å². The fourth-order valence-electron chi connectivity index (χ4n) is 3.38. The minimum Gasteiger partial charge on any atom is -0.369 e. The summed E-state index contributed by atoms with van der Waals surface area (Å²) < 4.78 is 1.89. The van der Waals surface area contributed by atoms with Gasteiger partial charge in [-0.2, -0.15) is 5.10 Å². The molecule has 1 amide bonds. The number of piperidine rings is 1. The Labute approximate surface area is 133 Å². The molecule has 1 aliphatic rings. The van der Waals surface area contributed by atoms with Crippen LogP contribution in [0.15, 0.2) is 30.3 Å². The van der Waals surface area contributed by atoms with Crippen LogP contribution in [0.5, 0.6) is 0 Å². The van der Waals surface area contributed by atoms with Crippen molar-refractivity contribution in [3.05, 3.63) is 36.0 Å². The molecule has 2 aromatic heterocycles. The minimum absolute atomic E-state index is 0.0153.